The molecule has 2 aromatic rings. The molecule has 1 aromatic heterocycles. The van der Waals surface area contributed by atoms with Gasteiger partial charge in [0.05, 0.1) is 5.69 Å². The maximum Gasteiger partial charge on any atom is 0.159 e. The lowest BCUT2D eigenvalue weighted by Gasteiger charge is -2.13. The molecule has 1 atom stereocenters. The van der Waals surface area contributed by atoms with Gasteiger partial charge < -0.3 is 0 Å². The first-order valence-electron chi connectivity index (χ1n) is 6.48. The van der Waals surface area contributed by atoms with Gasteiger partial charge in [0.15, 0.2) is 11.6 Å². The third kappa shape index (κ3) is 3.16. The molecule has 5 heteroatoms. The van der Waals surface area contributed by atoms with Crippen LogP contribution in [0.3, 0.4) is 0 Å². The Morgan fingerprint density at radius 3 is 2.58 bits per heavy atom. The predicted molar refractivity (Wildman–Crippen MR) is 68.8 cm³/mol. The average Bonchev–Trinajstić information content (AvgIpc) is 2.87. The number of nitrogens with zero attached hydrogens (tertiary/aromatic N) is 3. The van der Waals surface area contributed by atoms with Crippen LogP contribution < -0.4 is 0 Å². The van der Waals surface area contributed by atoms with Crippen molar-refractivity contribution in [3.05, 3.63) is 47.3 Å². The molecule has 0 radical (unpaired) electrons. The van der Waals surface area contributed by atoms with Crippen LogP contribution in [0.25, 0.3) is 0 Å². The van der Waals surface area contributed by atoms with Gasteiger partial charge in [-0.15, -0.1) is 5.10 Å². The first-order valence-corrected chi connectivity index (χ1v) is 6.48. The van der Waals surface area contributed by atoms with Crippen molar-refractivity contribution in [3.8, 4) is 0 Å². The standard InChI is InChI=1S/C14H17F2N3/c1-3-10(7-12-9-19(4-2)18-17-12)11-5-6-13(15)14(16)8-11/h5-6,8-10H,3-4,7H2,1-2H3. The molecular formula is C14H17F2N3. The van der Waals surface area contributed by atoms with Crippen molar-refractivity contribution in [1.29, 1.82) is 0 Å². The Morgan fingerprint density at radius 1 is 1.21 bits per heavy atom. The average molecular weight is 265 g/mol. The summed E-state index contributed by atoms with van der Waals surface area (Å²) < 4.78 is 28.0. The summed E-state index contributed by atoms with van der Waals surface area (Å²) >= 11 is 0. The molecule has 1 heterocycles. The fourth-order valence-electron chi connectivity index (χ4n) is 2.10. The zero-order valence-corrected chi connectivity index (χ0v) is 11.1. The van der Waals surface area contributed by atoms with Crippen LogP contribution in [-0.4, -0.2) is 15.0 Å². The maximum atomic E-state index is 13.3. The minimum atomic E-state index is -0.810. The minimum Gasteiger partial charge on any atom is -0.253 e. The molecule has 2 rings (SSSR count). The van der Waals surface area contributed by atoms with Gasteiger partial charge in [0.2, 0.25) is 0 Å². The second-order valence-corrected chi connectivity index (χ2v) is 4.55. The van der Waals surface area contributed by atoms with Gasteiger partial charge >= 0.3 is 0 Å². The molecule has 102 valence electrons. The van der Waals surface area contributed by atoms with Crippen LogP contribution in [-0.2, 0) is 13.0 Å². The first kappa shape index (κ1) is 13.6. The Hall–Kier alpha value is -1.78. The monoisotopic (exact) mass is 265 g/mol. The topological polar surface area (TPSA) is 30.7 Å². The minimum absolute atomic E-state index is 0.122. The number of benzene rings is 1. The number of aromatic nitrogens is 3. The van der Waals surface area contributed by atoms with Crippen LogP contribution in [0.2, 0.25) is 0 Å². The lowest BCUT2D eigenvalue weighted by Crippen LogP contribution is -2.03. The Labute approximate surface area is 111 Å². The quantitative estimate of drug-likeness (QED) is 0.830. The van der Waals surface area contributed by atoms with E-state index in [1.165, 1.54) is 12.1 Å². The lowest BCUT2D eigenvalue weighted by atomic mass is 9.92. The number of aryl methyl sites for hydroxylation is 1. The van der Waals surface area contributed by atoms with Crippen LogP contribution >= 0.6 is 0 Å². The van der Waals surface area contributed by atoms with Crippen LogP contribution in [0.15, 0.2) is 24.4 Å². The highest BCUT2D eigenvalue weighted by molar-refractivity contribution is 5.23. The lowest BCUT2D eigenvalue weighted by molar-refractivity contribution is 0.504. The smallest absolute Gasteiger partial charge is 0.159 e. The van der Waals surface area contributed by atoms with Crippen molar-refractivity contribution in [2.24, 2.45) is 0 Å². The van der Waals surface area contributed by atoms with E-state index in [1.807, 2.05) is 20.0 Å². The summed E-state index contributed by atoms with van der Waals surface area (Å²) in [4.78, 5) is 0. The molecule has 0 N–H and O–H groups in total. The summed E-state index contributed by atoms with van der Waals surface area (Å²) in [5.41, 5.74) is 1.67. The third-order valence-corrected chi connectivity index (χ3v) is 3.27. The first-order chi connectivity index (χ1) is 9.13. The number of rotatable bonds is 5. The van der Waals surface area contributed by atoms with E-state index in [0.29, 0.717) is 6.42 Å². The summed E-state index contributed by atoms with van der Waals surface area (Å²) in [5, 5.41) is 8.07. The van der Waals surface area contributed by atoms with Crippen molar-refractivity contribution < 1.29 is 8.78 Å². The van der Waals surface area contributed by atoms with Gasteiger partial charge in [0, 0.05) is 12.7 Å². The molecule has 0 saturated carbocycles. The zero-order chi connectivity index (χ0) is 13.8. The van der Waals surface area contributed by atoms with Crippen molar-refractivity contribution in [1.82, 2.24) is 15.0 Å². The van der Waals surface area contributed by atoms with Crippen LogP contribution in [0, 0.1) is 11.6 Å². The number of hydrogen-bond donors (Lipinski definition) is 0. The van der Waals surface area contributed by atoms with Gasteiger partial charge in [-0.25, -0.2) is 8.78 Å². The normalized spacial score (nSPS) is 12.6. The van der Waals surface area contributed by atoms with E-state index in [0.717, 1.165) is 24.2 Å². The molecular weight excluding hydrogens is 248 g/mol. The van der Waals surface area contributed by atoms with E-state index in [-0.39, 0.29) is 5.92 Å². The van der Waals surface area contributed by atoms with Gasteiger partial charge in [-0.1, -0.05) is 18.2 Å². The molecule has 0 spiro atoms. The molecule has 0 amide bonds. The second kappa shape index (κ2) is 5.91. The van der Waals surface area contributed by atoms with Crippen LogP contribution in [0.5, 0.6) is 0 Å². The van der Waals surface area contributed by atoms with Crippen LogP contribution in [0.4, 0.5) is 8.78 Å². The number of hydrogen-bond acceptors (Lipinski definition) is 2. The molecule has 0 fully saturated rings. The molecule has 19 heavy (non-hydrogen) atoms. The Balaban J connectivity index is 2.17. The van der Waals surface area contributed by atoms with Gasteiger partial charge in [-0.3, -0.25) is 4.68 Å². The molecule has 1 unspecified atom stereocenters. The zero-order valence-electron chi connectivity index (χ0n) is 11.1. The molecule has 0 aliphatic heterocycles. The van der Waals surface area contributed by atoms with Crippen molar-refractivity contribution in [2.75, 3.05) is 0 Å². The number of halogens is 2. The molecule has 3 nitrogen and oxygen atoms in total. The van der Waals surface area contributed by atoms with E-state index in [4.69, 9.17) is 0 Å². The highest BCUT2D eigenvalue weighted by Crippen LogP contribution is 2.24. The predicted octanol–water partition coefficient (Wildman–Crippen LogP) is 3.31. The second-order valence-electron chi connectivity index (χ2n) is 4.55. The van der Waals surface area contributed by atoms with Gasteiger partial charge in [-0.2, -0.15) is 0 Å². The maximum absolute atomic E-state index is 13.3. The Morgan fingerprint density at radius 2 is 2.00 bits per heavy atom. The van der Waals surface area contributed by atoms with E-state index in [9.17, 15) is 8.78 Å². The highest BCUT2D eigenvalue weighted by atomic mass is 19.2. The SMILES string of the molecule is CCC(Cc1cn(CC)nn1)c1ccc(F)c(F)c1. The molecule has 0 saturated heterocycles. The van der Waals surface area contributed by atoms with Crippen molar-refractivity contribution in [3.63, 3.8) is 0 Å². The third-order valence-electron chi connectivity index (χ3n) is 3.27. The summed E-state index contributed by atoms with van der Waals surface area (Å²) in [7, 11) is 0. The summed E-state index contributed by atoms with van der Waals surface area (Å²) in [6, 6.07) is 4.08. The fraction of sp³-hybridized carbons (Fsp3) is 0.429. The Bertz CT molecular complexity index is 551. The highest BCUT2D eigenvalue weighted by Gasteiger charge is 2.14. The van der Waals surface area contributed by atoms with E-state index in [1.54, 1.807) is 10.7 Å². The Kier molecular flexibility index (Phi) is 4.24. The van der Waals surface area contributed by atoms with E-state index in [2.05, 4.69) is 10.3 Å². The molecule has 0 aliphatic rings. The fourth-order valence-corrected chi connectivity index (χ4v) is 2.10. The van der Waals surface area contributed by atoms with Crippen molar-refractivity contribution >= 4 is 0 Å². The van der Waals surface area contributed by atoms with E-state index < -0.39 is 11.6 Å². The largest absolute Gasteiger partial charge is 0.253 e. The summed E-state index contributed by atoms with van der Waals surface area (Å²) in [6.07, 6.45) is 3.41. The molecule has 0 aliphatic carbocycles. The molecule has 0 bridgehead atoms. The summed E-state index contributed by atoms with van der Waals surface area (Å²) in [5.74, 6) is -1.49. The van der Waals surface area contributed by atoms with Gasteiger partial charge in [0.1, 0.15) is 0 Å². The van der Waals surface area contributed by atoms with Gasteiger partial charge in [-0.05, 0) is 43.4 Å². The van der Waals surface area contributed by atoms with E-state index >= 15 is 0 Å². The van der Waals surface area contributed by atoms with Crippen LogP contribution in [0.1, 0.15) is 37.4 Å². The summed E-state index contributed by atoms with van der Waals surface area (Å²) in [6.45, 7) is 4.79. The van der Waals surface area contributed by atoms with Crippen molar-refractivity contribution in [2.45, 2.75) is 39.2 Å². The molecule has 1 aromatic carbocycles. The van der Waals surface area contributed by atoms with Gasteiger partial charge in [0.25, 0.3) is 0 Å².